The molecule has 290 valence electrons. The maximum absolute atomic E-state index is 14.9. The molecule has 0 unspecified atom stereocenters. The normalized spacial score (nSPS) is 23.5. The number of hydrogen-bond acceptors (Lipinski definition) is 12. The first-order valence-electron chi connectivity index (χ1n) is 18.6. The van der Waals surface area contributed by atoms with Crippen LogP contribution in [0.1, 0.15) is 40.7 Å². The van der Waals surface area contributed by atoms with Crippen LogP contribution in [0.15, 0.2) is 60.8 Å². The van der Waals surface area contributed by atoms with Gasteiger partial charge in [0.05, 0.1) is 17.9 Å². The molecule has 0 saturated carbocycles. The van der Waals surface area contributed by atoms with Gasteiger partial charge in [0.2, 0.25) is 17.7 Å². The van der Waals surface area contributed by atoms with E-state index in [0.29, 0.717) is 42.5 Å². The zero-order valence-electron chi connectivity index (χ0n) is 30.1. The van der Waals surface area contributed by atoms with Gasteiger partial charge >= 0.3 is 0 Å². The number of carbonyl (C=O) groups excluding carboxylic acids is 3. The molecular formula is C39H38F3N9O5. The second-order valence-electron chi connectivity index (χ2n) is 14.9. The fraction of sp³-hybridized carbons (Fsp3) is 0.385. The molecule has 3 saturated heterocycles. The molecule has 5 aliphatic heterocycles. The Labute approximate surface area is 319 Å². The molecule has 0 spiro atoms. The van der Waals surface area contributed by atoms with Gasteiger partial charge in [-0.1, -0.05) is 18.2 Å². The predicted octanol–water partition coefficient (Wildman–Crippen LogP) is 3.55. The Morgan fingerprint density at radius 3 is 2.61 bits per heavy atom. The number of aromatic nitrogens is 3. The number of nitrogens with one attached hydrogen (secondary N) is 2. The first-order valence-corrected chi connectivity index (χ1v) is 18.6. The van der Waals surface area contributed by atoms with Crippen LogP contribution in [0.2, 0.25) is 0 Å². The molecule has 14 nitrogen and oxygen atoms in total. The number of hydrogen-bond donors (Lipinski definition) is 3. The van der Waals surface area contributed by atoms with Crippen LogP contribution in [0.4, 0.5) is 30.4 Å². The number of phenolic OH excluding ortho intramolecular Hbond substituents is 1. The van der Waals surface area contributed by atoms with E-state index in [4.69, 9.17) is 4.74 Å². The molecule has 3 N–H and O–H groups in total. The number of benzene rings is 2. The predicted molar refractivity (Wildman–Crippen MR) is 197 cm³/mol. The molecular weight excluding hydrogens is 731 g/mol. The van der Waals surface area contributed by atoms with Gasteiger partial charge in [-0.05, 0) is 47.9 Å². The zero-order valence-corrected chi connectivity index (χ0v) is 30.1. The molecule has 3 atom stereocenters. The van der Waals surface area contributed by atoms with Gasteiger partial charge in [-0.3, -0.25) is 24.6 Å². The van der Waals surface area contributed by atoms with Gasteiger partial charge in [0, 0.05) is 87.7 Å². The average molecular weight is 770 g/mol. The van der Waals surface area contributed by atoms with E-state index >= 15 is 0 Å². The number of piperidine rings is 1. The highest BCUT2D eigenvalue weighted by atomic mass is 19.3. The minimum atomic E-state index is -2.73. The monoisotopic (exact) mass is 769 g/mol. The number of aromatic hydroxyl groups is 1. The number of fused-ring (bicyclic) bond motifs is 4. The van der Waals surface area contributed by atoms with Gasteiger partial charge in [0.1, 0.15) is 17.7 Å². The van der Waals surface area contributed by atoms with Crippen molar-refractivity contribution < 1.29 is 37.4 Å². The highest BCUT2D eigenvalue weighted by Gasteiger charge is 2.56. The summed E-state index contributed by atoms with van der Waals surface area (Å²) < 4.78 is 50.0. The second kappa shape index (κ2) is 14.0. The van der Waals surface area contributed by atoms with Gasteiger partial charge in [-0.2, -0.15) is 0 Å². The van der Waals surface area contributed by atoms with Crippen molar-refractivity contribution in [2.24, 2.45) is 0 Å². The molecule has 56 heavy (non-hydrogen) atoms. The van der Waals surface area contributed by atoms with Crippen LogP contribution in [0, 0.1) is 5.82 Å². The van der Waals surface area contributed by atoms with Gasteiger partial charge in [-0.25, -0.2) is 18.2 Å². The van der Waals surface area contributed by atoms with E-state index in [1.807, 2.05) is 24.3 Å². The quantitative estimate of drug-likeness (QED) is 0.225. The van der Waals surface area contributed by atoms with Crippen LogP contribution in [0.3, 0.4) is 0 Å². The lowest BCUT2D eigenvalue weighted by atomic mass is 9.93. The molecule has 3 fully saturated rings. The van der Waals surface area contributed by atoms with Crippen molar-refractivity contribution in [3.63, 3.8) is 0 Å². The second-order valence-corrected chi connectivity index (χ2v) is 14.9. The van der Waals surface area contributed by atoms with E-state index in [1.54, 1.807) is 22.1 Å². The summed E-state index contributed by atoms with van der Waals surface area (Å²) in [7, 11) is 0. The molecule has 5 aliphatic rings. The van der Waals surface area contributed by atoms with Crippen LogP contribution >= 0.6 is 0 Å². The van der Waals surface area contributed by atoms with Crippen LogP contribution in [0.5, 0.6) is 11.6 Å². The number of pyridine rings is 1. The summed E-state index contributed by atoms with van der Waals surface area (Å²) in [5.74, 6) is -1.72. The first-order chi connectivity index (χ1) is 27.1. The average Bonchev–Trinajstić information content (AvgIpc) is 3.74. The summed E-state index contributed by atoms with van der Waals surface area (Å²) in [4.78, 5) is 49.5. The Kier molecular flexibility index (Phi) is 8.90. The number of carbonyl (C=O) groups is 3. The summed E-state index contributed by atoms with van der Waals surface area (Å²) in [6.07, 6.45) is -1.05. The molecule has 9 rings (SSSR count). The summed E-state index contributed by atoms with van der Waals surface area (Å²) >= 11 is 0. The molecule has 2 aromatic carbocycles. The Balaban J connectivity index is 0.811. The van der Waals surface area contributed by atoms with Crippen LogP contribution in [0.25, 0.3) is 11.3 Å². The van der Waals surface area contributed by atoms with Crippen molar-refractivity contribution in [3.8, 4) is 22.9 Å². The van der Waals surface area contributed by atoms with E-state index in [-0.39, 0.29) is 49.0 Å². The minimum Gasteiger partial charge on any atom is -0.504 e. The van der Waals surface area contributed by atoms with Crippen molar-refractivity contribution in [2.45, 2.75) is 56.5 Å². The van der Waals surface area contributed by atoms with E-state index in [9.17, 15) is 32.7 Å². The van der Waals surface area contributed by atoms with Crippen LogP contribution in [-0.4, -0.2) is 111 Å². The molecule has 0 radical (unpaired) electrons. The number of para-hydroxylation sites is 1. The van der Waals surface area contributed by atoms with E-state index in [2.05, 4.69) is 35.6 Å². The maximum atomic E-state index is 14.9. The number of alkyl halides is 2. The maximum Gasteiger partial charge on any atom is 0.263 e. The SMILES string of the molecule is O=C1CC[C@H](N2Cc3ccc(N4CCN(Cc5ccc(O[C@H]6CN7c8cc(-c9cccc(F)c9O)nnc8NC[C@@]7(C(F)F)C6)nc5)CC4)cc3C2=O)C(=O)N1. The standard InChI is InChI=1S/C39H38F3N9O5/c40-28-3-1-2-26(34(28)53)29-15-31-35(47-46-29)44-21-39(38(41)42)16-25(20-51(31)39)56-33-9-4-22(17-43-33)18-48-10-12-49(13-11-48)24-6-5-23-19-50(37(55)27(23)14-24)30-7-8-32(52)45-36(30)54/h1-6,9,14-15,17,25,30,38,53H,7-8,10-13,16,18-21H2,(H,44,47)(H,45,52,54)/t25-,30+,39-/m1/s1. The molecule has 3 amide bonds. The van der Waals surface area contributed by atoms with Crippen LogP contribution in [-0.2, 0) is 22.7 Å². The fourth-order valence-electron chi connectivity index (χ4n) is 8.53. The summed E-state index contributed by atoms with van der Waals surface area (Å²) in [6.45, 7) is 4.10. The number of halogens is 3. The minimum absolute atomic E-state index is 0.0180. The lowest BCUT2D eigenvalue weighted by Gasteiger charge is -2.43. The molecule has 7 heterocycles. The third kappa shape index (κ3) is 6.28. The number of anilines is 3. The number of nitrogens with zero attached hydrogens (tertiary/aromatic N) is 7. The smallest absolute Gasteiger partial charge is 0.263 e. The van der Waals surface area contributed by atoms with Gasteiger partial charge < -0.3 is 29.9 Å². The molecule has 4 aromatic rings. The van der Waals surface area contributed by atoms with Crippen molar-refractivity contribution in [2.75, 3.05) is 54.4 Å². The Morgan fingerprint density at radius 2 is 1.84 bits per heavy atom. The highest BCUT2D eigenvalue weighted by Crippen LogP contribution is 2.46. The number of phenols is 1. The van der Waals surface area contributed by atoms with E-state index in [0.717, 1.165) is 49.1 Å². The largest absolute Gasteiger partial charge is 0.504 e. The number of imide groups is 1. The van der Waals surface area contributed by atoms with Crippen molar-refractivity contribution in [1.29, 1.82) is 0 Å². The van der Waals surface area contributed by atoms with Crippen molar-refractivity contribution >= 4 is 34.9 Å². The Bertz CT molecular complexity index is 2220. The van der Waals surface area contributed by atoms with Gasteiger partial charge in [-0.15, -0.1) is 10.2 Å². The molecule has 2 aromatic heterocycles. The number of ether oxygens (including phenoxy) is 1. The van der Waals surface area contributed by atoms with Crippen molar-refractivity contribution in [3.05, 3.63) is 83.3 Å². The Morgan fingerprint density at radius 1 is 1.00 bits per heavy atom. The molecule has 17 heteroatoms. The van der Waals surface area contributed by atoms with E-state index in [1.165, 1.54) is 18.2 Å². The lowest BCUT2D eigenvalue weighted by molar-refractivity contribution is -0.136. The zero-order chi connectivity index (χ0) is 38.7. The first kappa shape index (κ1) is 35.7. The third-order valence-corrected chi connectivity index (χ3v) is 11.5. The molecule has 0 bridgehead atoms. The third-order valence-electron chi connectivity index (χ3n) is 11.5. The van der Waals surface area contributed by atoms with E-state index < -0.39 is 41.6 Å². The highest BCUT2D eigenvalue weighted by molar-refractivity contribution is 6.05. The fourth-order valence-corrected chi connectivity index (χ4v) is 8.53. The van der Waals surface area contributed by atoms with Gasteiger partial charge in [0.15, 0.2) is 17.4 Å². The lowest BCUT2D eigenvalue weighted by Crippen LogP contribution is -2.57. The number of rotatable bonds is 8. The summed E-state index contributed by atoms with van der Waals surface area (Å²) in [5.41, 5.74) is 2.40. The van der Waals surface area contributed by atoms with Gasteiger partial charge in [0.25, 0.3) is 12.3 Å². The molecule has 0 aliphatic carbocycles. The number of piperazine rings is 1. The number of amides is 3. The summed E-state index contributed by atoms with van der Waals surface area (Å²) in [6, 6.07) is 14.4. The summed E-state index contributed by atoms with van der Waals surface area (Å²) in [5, 5.41) is 23.9. The van der Waals surface area contributed by atoms with Crippen LogP contribution < -0.4 is 25.2 Å². The Hall–Kier alpha value is -5.97. The topological polar surface area (TPSA) is 156 Å². The van der Waals surface area contributed by atoms with Crippen molar-refractivity contribution in [1.82, 2.24) is 30.3 Å².